The molecule has 2 rings (SSSR count). The zero-order chi connectivity index (χ0) is 13.5. The first-order chi connectivity index (χ1) is 9.31. The van der Waals surface area contributed by atoms with Crippen LogP contribution >= 0.6 is 0 Å². The maximum absolute atomic E-state index is 12.0. The van der Waals surface area contributed by atoms with Gasteiger partial charge in [-0.05, 0) is 25.1 Å². The van der Waals surface area contributed by atoms with Crippen LogP contribution in [0.2, 0.25) is 0 Å². The fourth-order valence-electron chi connectivity index (χ4n) is 1.77. The quantitative estimate of drug-likeness (QED) is 0.594. The summed E-state index contributed by atoms with van der Waals surface area (Å²) in [4.78, 5) is 12.0. The van der Waals surface area contributed by atoms with Crippen molar-refractivity contribution in [3.63, 3.8) is 0 Å². The molecule has 2 aromatic rings. The van der Waals surface area contributed by atoms with Gasteiger partial charge in [-0.15, -0.1) is 0 Å². The molecule has 96 valence electrons. The zero-order valence-corrected chi connectivity index (χ0v) is 10.9. The Morgan fingerprint density at radius 2 is 1.74 bits per heavy atom. The summed E-state index contributed by atoms with van der Waals surface area (Å²) < 4.78 is 5.51. The van der Waals surface area contributed by atoms with Crippen LogP contribution < -0.4 is 4.74 Å². The summed E-state index contributed by atoms with van der Waals surface area (Å²) in [7, 11) is 0. The maximum Gasteiger partial charge on any atom is 0.185 e. The van der Waals surface area contributed by atoms with E-state index in [1.807, 2.05) is 49.4 Å². The second-order valence-electron chi connectivity index (χ2n) is 4.03. The zero-order valence-electron chi connectivity index (χ0n) is 10.9. The Balaban J connectivity index is 2.17. The molecule has 0 aromatic heterocycles. The third kappa shape index (κ3) is 3.55. The van der Waals surface area contributed by atoms with E-state index in [0.717, 1.165) is 11.3 Å². The number of carbonyl (C=O) groups is 1. The van der Waals surface area contributed by atoms with Crippen LogP contribution in [0.3, 0.4) is 0 Å². The van der Waals surface area contributed by atoms with Crippen LogP contribution in [-0.2, 0) is 0 Å². The Hall–Kier alpha value is -2.35. The highest BCUT2D eigenvalue weighted by atomic mass is 16.5. The lowest BCUT2D eigenvalue weighted by molar-refractivity contribution is 0.104. The second kappa shape index (κ2) is 6.55. The van der Waals surface area contributed by atoms with Crippen molar-refractivity contribution in [3.05, 3.63) is 71.8 Å². The highest BCUT2D eigenvalue weighted by molar-refractivity contribution is 6.06. The fraction of sp³-hybridized carbons (Fsp3) is 0.118. The molecule has 0 aliphatic rings. The summed E-state index contributed by atoms with van der Waals surface area (Å²) in [5.74, 6) is 0.786. The molecule has 0 atom stereocenters. The van der Waals surface area contributed by atoms with Gasteiger partial charge in [0.2, 0.25) is 0 Å². The van der Waals surface area contributed by atoms with Gasteiger partial charge in [-0.25, -0.2) is 0 Å². The summed E-state index contributed by atoms with van der Waals surface area (Å²) in [6.45, 7) is 2.55. The monoisotopic (exact) mass is 252 g/mol. The van der Waals surface area contributed by atoms with Gasteiger partial charge in [-0.2, -0.15) is 0 Å². The van der Waals surface area contributed by atoms with Gasteiger partial charge < -0.3 is 4.74 Å². The smallest absolute Gasteiger partial charge is 0.185 e. The fourth-order valence-corrected chi connectivity index (χ4v) is 1.77. The number of hydrogen-bond acceptors (Lipinski definition) is 2. The molecule has 0 spiro atoms. The van der Waals surface area contributed by atoms with Crippen molar-refractivity contribution in [1.29, 1.82) is 0 Å². The van der Waals surface area contributed by atoms with E-state index in [9.17, 15) is 4.79 Å². The van der Waals surface area contributed by atoms with Crippen molar-refractivity contribution in [2.24, 2.45) is 0 Å². The van der Waals surface area contributed by atoms with Crippen LogP contribution in [0.25, 0.3) is 6.08 Å². The Kier molecular flexibility index (Phi) is 4.51. The lowest BCUT2D eigenvalue weighted by atomic mass is 10.1. The average Bonchev–Trinajstić information content (AvgIpc) is 2.47. The Labute approximate surface area is 113 Å². The minimum absolute atomic E-state index is 0.00750. The van der Waals surface area contributed by atoms with E-state index in [4.69, 9.17) is 4.74 Å². The first-order valence-electron chi connectivity index (χ1n) is 6.30. The van der Waals surface area contributed by atoms with Crippen molar-refractivity contribution in [1.82, 2.24) is 0 Å². The number of rotatable bonds is 5. The van der Waals surface area contributed by atoms with Crippen LogP contribution in [0.4, 0.5) is 0 Å². The molecule has 0 bridgehead atoms. The van der Waals surface area contributed by atoms with Crippen LogP contribution in [0.1, 0.15) is 22.8 Å². The normalized spacial score (nSPS) is 10.6. The molecule has 0 saturated carbocycles. The van der Waals surface area contributed by atoms with E-state index >= 15 is 0 Å². The summed E-state index contributed by atoms with van der Waals surface area (Å²) in [6, 6.07) is 16.9. The highest BCUT2D eigenvalue weighted by Gasteiger charge is 2.02. The van der Waals surface area contributed by atoms with Crippen molar-refractivity contribution < 1.29 is 9.53 Å². The molecule has 19 heavy (non-hydrogen) atoms. The van der Waals surface area contributed by atoms with E-state index in [2.05, 4.69) is 0 Å². The van der Waals surface area contributed by atoms with Crippen LogP contribution in [0.15, 0.2) is 60.7 Å². The van der Waals surface area contributed by atoms with Gasteiger partial charge in [-0.3, -0.25) is 4.79 Å². The summed E-state index contributed by atoms with van der Waals surface area (Å²) in [5.41, 5.74) is 1.60. The Bertz CT molecular complexity index is 571. The standard InChI is InChI=1S/C17H16O2/c1-2-19-17-11-7-6-10-15(17)12-13-16(18)14-8-4-3-5-9-14/h3-13H,2H2,1H3. The summed E-state index contributed by atoms with van der Waals surface area (Å²) in [6.07, 6.45) is 3.37. The number of benzene rings is 2. The summed E-state index contributed by atoms with van der Waals surface area (Å²) in [5, 5.41) is 0. The molecule has 0 fully saturated rings. The Morgan fingerprint density at radius 1 is 1.05 bits per heavy atom. The van der Waals surface area contributed by atoms with Gasteiger partial charge in [0, 0.05) is 11.1 Å². The van der Waals surface area contributed by atoms with Gasteiger partial charge in [0.05, 0.1) is 6.61 Å². The molecule has 0 heterocycles. The Morgan fingerprint density at radius 3 is 2.47 bits per heavy atom. The molecular formula is C17H16O2. The molecule has 2 aromatic carbocycles. The lowest BCUT2D eigenvalue weighted by Gasteiger charge is -2.06. The van der Waals surface area contributed by atoms with Gasteiger partial charge >= 0.3 is 0 Å². The minimum Gasteiger partial charge on any atom is -0.493 e. The predicted octanol–water partition coefficient (Wildman–Crippen LogP) is 3.98. The largest absolute Gasteiger partial charge is 0.493 e. The molecule has 0 saturated heterocycles. The molecule has 0 radical (unpaired) electrons. The third-order valence-corrected chi connectivity index (χ3v) is 2.69. The molecule has 2 heteroatoms. The predicted molar refractivity (Wildman–Crippen MR) is 77.4 cm³/mol. The van der Waals surface area contributed by atoms with Gasteiger partial charge in [0.1, 0.15) is 5.75 Å². The molecule has 0 amide bonds. The van der Waals surface area contributed by atoms with Gasteiger partial charge in [0.15, 0.2) is 5.78 Å². The number of para-hydroxylation sites is 1. The van der Waals surface area contributed by atoms with Crippen LogP contribution in [0.5, 0.6) is 5.75 Å². The number of ketones is 1. The van der Waals surface area contributed by atoms with Gasteiger partial charge in [0.25, 0.3) is 0 Å². The van der Waals surface area contributed by atoms with E-state index in [1.165, 1.54) is 0 Å². The van der Waals surface area contributed by atoms with Crippen LogP contribution in [-0.4, -0.2) is 12.4 Å². The molecule has 0 unspecified atom stereocenters. The topological polar surface area (TPSA) is 26.3 Å². The average molecular weight is 252 g/mol. The molecule has 0 aliphatic heterocycles. The molecular weight excluding hydrogens is 236 g/mol. The third-order valence-electron chi connectivity index (χ3n) is 2.69. The number of allylic oxidation sites excluding steroid dienone is 1. The van der Waals surface area contributed by atoms with Crippen molar-refractivity contribution in [2.75, 3.05) is 6.61 Å². The van der Waals surface area contributed by atoms with E-state index in [1.54, 1.807) is 24.3 Å². The number of carbonyl (C=O) groups excluding carboxylic acids is 1. The minimum atomic E-state index is -0.00750. The van der Waals surface area contributed by atoms with Crippen molar-refractivity contribution in [2.45, 2.75) is 6.92 Å². The van der Waals surface area contributed by atoms with E-state index in [0.29, 0.717) is 12.2 Å². The SMILES string of the molecule is CCOc1ccccc1C=CC(=O)c1ccccc1. The lowest BCUT2D eigenvalue weighted by Crippen LogP contribution is -1.95. The molecule has 0 N–H and O–H groups in total. The highest BCUT2D eigenvalue weighted by Crippen LogP contribution is 2.19. The van der Waals surface area contributed by atoms with E-state index < -0.39 is 0 Å². The van der Waals surface area contributed by atoms with E-state index in [-0.39, 0.29) is 5.78 Å². The van der Waals surface area contributed by atoms with Gasteiger partial charge in [-0.1, -0.05) is 48.5 Å². The van der Waals surface area contributed by atoms with Crippen molar-refractivity contribution in [3.8, 4) is 5.75 Å². The maximum atomic E-state index is 12.0. The first-order valence-corrected chi connectivity index (χ1v) is 6.30. The second-order valence-corrected chi connectivity index (χ2v) is 4.03. The van der Waals surface area contributed by atoms with Crippen LogP contribution in [0, 0.1) is 0 Å². The molecule has 0 aliphatic carbocycles. The number of ether oxygens (including phenoxy) is 1. The first kappa shape index (κ1) is 13.1. The number of hydrogen-bond donors (Lipinski definition) is 0. The van der Waals surface area contributed by atoms with Crippen molar-refractivity contribution >= 4 is 11.9 Å². The summed E-state index contributed by atoms with van der Waals surface area (Å²) >= 11 is 0. The molecule has 2 nitrogen and oxygen atoms in total.